The van der Waals surface area contributed by atoms with E-state index in [1.165, 1.54) is 0 Å². The van der Waals surface area contributed by atoms with Crippen LogP contribution in [0.2, 0.25) is 0 Å². The lowest BCUT2D eigenvalue weighted by molar-refractivity contribution is 0.0943. The van der Waals surface area contributed by atoms with Crippen molar-refractivity contribution in [1.82, 2.24) is 15.1 Å². The monoisotopic (exact) mass is 309 g/mol. The van der Waals surface area contributed by atoms with E-state index in [1.54, 1.807) is 10.9 Å². The number of benzene rings is 1. The first-order valence-corrected chi connectivity index (χ1v) is 7.57. The van der Waals surface area contributed by atoms with Crippen LogP contribution >= 0.6 is 0 Å². The summed E-state index contributed by atoms with van der Waals surface area (Å²) in [6.45, 7) is 5.72. The first kappa shape index (κ1) is 15.1. The zero-order valence-corrected chi connectivity index (χ0v) is 13.4. The normalized spacial score (nSPS) is 11.0. The van der Waals surface area contributed by atoms with Gasteiger partial charge in [0.25, 0.3) is 5.91 Å². The van der Waals surface area contributed by atoms with Crippen LogP contribution in [0.25, 0.3) is 17.1 Å². The Morgan fingerprint density at radius 1 is 1.17 bits per heavy atom. The van der Waals surface area contributed by atoms with Crippen LogP contribution < -0.4 is 5.32 Å². The van der Waals surface area contributed by atoms with E-state index in [0.717, 1.165) is 11.4 Å². The maximum absolute atomic E-state index is 12.5. The average molecular weight is 309 g/mol. The molecule has 5 nitrogen and oxygen atoms in total. The number of nitrogens with zero attached hydrogens (tertiary/aromatic N) is 2. The van der Waals surface area contributed by atoms with Crippen LogP contribution in [-0.4, -0.2) is 21.7 Å². The van der Waals surface area contributed by atoms with E-state index in [4.69, 9.17) is 4.42 Å². The molecule has 0 bridgehead atoms. The van der Waals surface area contributed by atoms with Gasteiger partial charge in [0.2, 0.25) is 0 Å². The van der Waals surface area contributed by atoms with Crippen LogP contribution in [0.5, 0.6) is 0 Å². The van der Waals surface area contributed by atoms with Crippen LogP contribution in [-0.2, 0) is 0 Å². The molecule has 1 aromatic carbocycles. The Labute approximate surface area is 134 Å². The third kappa shape index (κ3) is 3.18. The number of para-hydroxylation sites is 1. The van der Waals surface area contributed by atoms with Gasteiger partial charge in [-0.15, -0.1) is 0 Å². The van der Waals surface area contributed by atoms with E-state index in [0.29, 0.717) is 17.0 Å². The Balaban J connectivity index is 2.08. The summed E-state index contributed by atoms with van der Waals surface area (Å²) in [7, 11) is 0. The van der Waals surface area contributed by atoms with Gasteiger partial charge in [-0.3, -0.25) is 4.79 Å². The molecule has 0 aliphatic rings. The molecule has 0 aliphatic heterocycles. The van der Waals surface area contributed by atoms with Crippen molar-refractivity contribution < 1.29 is 9.21 Å². The summed E-state index contributed by atoms with van der Waals surface area (Å²) >= 11 is 0. The summed E-state index contributed by atoms with van der Waals surface area (Å²) in [5, 5.41) is 7.46. The minimum absolute atomic E-state index is 0.0498. The summed E-state index contributed by atoms with van der Waals surface area (Å²) < 4.78 is 7.36. The van der Waals surface area contributed by atoms with Gasteiger partial charge in [0, 0.05) is 12.2 Å². The van der Waals surface area contributed by atoms with Crippen LogP contribution in [0.15, 0.2) is 53.1 Å². The van der Waals surface area contributed by atoms with Gasteiger partial charge >= 0.3 is 0 Å². The van der Waals surface area contributed by atoms with E-state index >= 15 is 0 Å². The van der Waals surface area contributed by atoms with Gasteiger partial charge in [-0.05, 0) is 45.0 Å². The average Bonchev–Trinajstić information content (AvgIpc) is 3.13. The molecule has 2 aromatic heterocycles. The molecule has 118 valence electrons. The van der Waals surface area contributed by atoms with E-state index in [-0.39, 0.29) is 11.9 Å². The summed E-state index contributed by atoms with van der Waals surface area (Å²) in [6, 6.07) is 13.4. The maximum atomic E-state index is 12.5. The fourth-order valence-electron chi connectivity index (χ4n) is 2.34. The second kappa shape index (κ2) is 6.12. The van der Waals surface area contributed by atoms with Gasteiger partial charge in [0.05, 0.1) is 11.3 Å². The lowest BCUT2D eigenvalue weighted by Crippen LogP contribution is -2.30. The number of amides is 1. The minimum Gasteiger partial charge on any atom is -0.460 e. The third-order valence-corrected chi connectivity index (χ3v) is 3.37. The molecule has 0 saturated carbocycles. The highest BCUT2D eigenvalue weighted by atomic mass is 16.3. The Kier molecular flexibility index (Phi) is 4.02. The van der Waals surface area contributed by atoms with Crippen molar-refractivity contribution in [2.75, 3.05) is 0 Å². The standard InChI is InChI=1S/C18H19N3O2/c1-12(2)19-18(22)15-11-21(14-7-5-4-6-8-14)20-17(15)16-10-9-13(3)23-16/h4-12H,1-3H3,(H,19,22). The molecule has 1 N–H and O–H groups in total. The van der Waals surface area contributed by atoms with Crippen molar-refractivity contribution in [3.05, 3.63) is 60.0 Å². The number of carbonyl (C=O) groups is 1. The van der Waals surface area contributed by atoms with Crippen LogP contribution in [0.4, 0.5) is 0 Å². The maximum Gasteiger partial charge on any atom is 0.255 e. The first-order chi connectivity index (χ1) is 11.0. The third-order valence-electron chi connectivity index (χ3n) is 3.37. The van der Waals surface area contributed by atoms with Crippen molar-refractivity contribution in [3.8, 4) is 17.1 Å². The first-order valence-electron chi connectivity index (χ1n) is 7.57. The lowest BCUT2D eigenvalue weighted by atomic mass is 10.2. The molecule has 0 atom stereocenters. The van der Waals surface area contributed by atoms with Crippen LogP contribution in [0.1, 0.15) is 30.0 Å². The van der Waals surface area contributed by atoms with Crippen LogP contribution in [0.3, 0.4) is 0 Å². The SMILES string of the molecule is Cc1ccc(-c2nn(-c3ccccc3)cc2C(=O)NC(C)C)o1. The molecular formula is C18H19N3O2. The van der Waals surface area contributed by atoms with Gasteiger partial charge in [-0.25, -0.2) is 4.68 Å². The van der Waals surface area contributed by atoms with E-state index in [9.17, 15) is 4.79 Å². The molecule has 0 spiro atoms. The van der Waals surface area contributed by atoms with Crippen LogP contribution in [0, 0.1) is 6.92 Å². The summed E-state index contributed by atoms with van der Waals surface area (Å²) in [5.74, 6) is 1.21. The number of rotatable bonds is 4. The predicted molar refractivity (Wildman–Crippen MR) is 88.6 cm³/mol. The highest BCUT2D eigenvalue weighted by Gasteiger charge is 2.21. The van der Waals surface area contributed by atoms with Gasteiger partial charge in [0.1, 0.15) is 11.5 Å². The quantitative estimate of drug-likeness (QED) is 0.801. The molecule has 0 radical (unpaired) electrons. The van der Waals surface area contributed by atoms with Crippen molar-refractivity contribution in [3.63, 3.8) is 0 Å². The van der Waals surface area contributed by atoms with Gasteiger partial charge < -0.3 is 9.73 Å². The van der Waals surface area contributed by atoms with Gasteiger partial charge in [-0.1, -0.05) is 18.2 Å². The molecule has 3 aromatic rings. The number of hydrogen-bond donors (Lipinski definition) is 1. The topological polar surface area (TPSA) is 60.1 Å². The summed E-state index contributed by atoms with van der Waals surface area (Å²) in [6.07, 6.45) is 1.74. The largest absolute Gasteiger partial charge is 0.460 e. The molecule has 2 heterocycles. The molecule has 0 saturated heterocycles. The molecular weight excluding hydrogens is 290 g/mol. The number of nitrogens with one attached hydrogen (secondary N) is 1. The minimum atomic E-state index is -0.161. The fourth-order valence-corrected chi connectivity index (χ4v) is 2.34. The second-order valence-corrected chi connectivity index (χ2v) is 5.71. The Morgan fingerprint density at radius 2 is 1.91 bits per heavy atom. The number of hydrogen-bond acceptors (Lipinski definition) is 3. The molecule has 3 rings (SSSR count). The molecule has 0 unspecified atom stereocenters. The Bertz CT molecular complexity index is 816. The zero-order chi connectivity index (χ0) is 16.4. The summed E-state index contributed by atoms with van der Waals surface area (Å²) in [5.41, 5.74) is 1.93. The van der Waals surface area contributed by atoms with Gasteiger partial charge in [-0.2, -0.15) is 5.10 Å². The molecule has 5 heteroatoms. The number of aryl methyl sites for hydroxylation is 1. The molecule has 1 amide bonds. The molecule has 23 heavy (non-hydrogen) atoms. The summed E-state index contributed by atoms with van der Waals surface area (Å²) in [4.78, 5) is 12.5. The number of carbonyl (C=O) groups excluding carboxylic acids is 1. The van der Waals surface area contributed by atoms with Gasteiger partial charge in [0.15, 0.2) is 5.76 Å². The predicted octanol–water partition coefficient (Wildman–Crippen LogP) is 3.58. The van der Waals surface area contributed by atoms with E-state index in [1.807, 2.05) is 63.2 Å². The Hall–Kier alpha value is -2.82. The van der Waals surface area contributed by atoms with E-state index in [2.05, 4.69) is 10.4 Å². The van der Waals surface area contributed by atoms with Crippen molar-refractivity contribution in [2.24, 2.45) is 0 Å². The van der Waals surface area contributed by atoms with E-state index < -0.39 is 0 Å². The number of aromatic nitrogens is 2. The zero-order valence-electron chi connectivity index (χ0n) is 13.4. The van der Waals surface area contributed by atoms with Crippen molar-refractivity contribution >= 4 is 5.91 Å². The smallest absolute Gasteiger partial charge is 0.255 e. The Morgan fingerprint density at radius 3 is 2.52 bits per heavy atom. The van der Waals surface area contributed by atoms with Crippen molar-refractivity contribution in [2.45, 2.75) is 26.8 Å². The number of furan rings is 1. The highest BCUT2D eigenvalue weighted by molar-refractivity contribution is 5.99. The van der Waals surface area contributed by atoms with Crippen molar-refractivity contribution in [1.29, 1.82) is 0 Å². The second-order valence-electron chi connectivity index (χ2n) is 5.71. The lowest BCUT2D eigenvalue weighted by Gasteiger charge is -2.07. The molecule has 0 fully saturated rings. The fraction of sp³-hybridized carbons (Fsp3) is 0.222. The highest BCUT2D eigenvalue weighted by Crippen LogP contribution is 2.25. The molecule has 0 aliphatic carbocycles.